The van der Waals surface area contributed by atoms with E-state index in [0.29, 0.717) is 0 Å². The second-order valence-electron chi connectivity index (χ2n) is 3.35. The van der Waals surface area contributed by atoms with E-state index in [1.807, 2.05) is 0 Å². The number of nitro groups is 2. The zero-order valence-corrected chi connectivity index (χ0v) is 9.59. The molecule has 0 saturated carbocycles. The highest BCUT2D eigenvalue weighted by Crippen LogP contribution is 2.39. The van der Waals surface area contributed by atoms with E-state index in [1.54, 1.807) is 0 Å². The van der Waals surface area contributed by atoms with Gasteiger partial charge in [0.15, 0.2) is 5.75 Å². The minimum Gasteiger partial charge on any atom is -0.490 e. The van der Waals surface area contributed by atoms with Crippen molar-refractivity contribution < 1.29 is 14.6 Å². The second-order valence-corrected chi connectivity index (χ2v) is 3.35. The Morgan fingerprint density at radius 1 is 1.26 bits per heavy atom. The maximum Gasteiger partial charge on any atom is 0.343 e. The molecule has 0 aliphatic heterocycles. The lowest BCUT2D eigenvalue weighted by molar-refractivity contribution is -0.394. The zero-order chi connectivity index (χ0) is 14.0. The van der Waals surface area contributed by atoms with Gasteiger partial charge in [-0.25, -0.2) is 4.68 Å². The van der Waals surface area contributed by atoms with Crippen LogP contribution >= 0.6 is 0 Å². The molecular weight excluding hydrogens is 258 g/mol. The van der Waals surface area contributed by atoms with Gasteiger partial charge in [0.2, 0.25) is 5.69 Å². The van der Waals surface area contributed by atoms with Crippen LogP contribution in [0.2, 0.25) is 0 Å². The molecule has 0 atom stereocenters. The van der Waals surface area contributed by atoms with E-state index in [0.717, 1.165) is 16.8 Å². The quantitative estimate of drug-likeness (QED) is 0.598. The Hall–Kier alpha value is -3.04. The Balaban J connectivity index is 2.84. The van der Waals surface area contributed by atoms with Crippen molar-refractivity contribution in [2.75, 3.05) is 7.11 Å². The van der Waals surface area contributed by atoms with Crippen LogP contribution in [0.3, 0.4) is 0 Å². The standard InChI is InChI=1S/C9H7N5O5/c1-19-7-3-2-6(13(15)16)8(9(7)14(17)18)12-5-4-10-11-12/h2-5H,1H3. The highest BCUT2D eigenvalue weighted by Gasteiger charge is 2.31. The summed E-state index contributed by atoms with van der Waals surface area (Å²) in [5.74, 6) is -0.0962. The van der Waals surface area contributed by atoms with Crippen LogP contribution < -0.4 is 4.74 Å². The molecule has 1 aromatic heterocycles. The minimum atomic E-state index is -0.761. The number of methoxy groups -OCH3 is 1. The summed E-state index contributed by atoms with van der Waals surface area (Å²) in [6.07, 6.45) is 2.53. The average Bonchev–Trinajstić information content (AvgIpc) is 2.90. The van der Waals surface area contributed by atoms with Crippen LogP contribution in [0.5, 0.6) is 5.75 Å². The molecular formula is C9H7N5O5. The number of rotatable bonds is 4. The number of ether oxygens (including phenoxy) is 1. The summed E-state index contributed by atoms with van der Waals surface area (Å²) >= 11 is 0. The van der Waals surface area contributed by atoms with Gasteiger partial charge in [-0.05, 0) is 6.07 Å². The Kier molecular flexibility index (Phi) is 3.06. The molecule has 1 aromatic carbocycles. The highest BCUT2D eigenvalue weighted by molar-refractivity contribution is 5.70. The molecule has 0 bridgehead atoms. The van der Waals surface area contributed by atoms with Gasteiger partial charge in [0, 0.05) is 6.07 Å². The topological polar surface area (TPSA) is 126 Å². The van der Waals surface area contributed by atoms with Gasteiger partial charge >= 0.3 is 11.4 Å². The molecule has 0 saturated heterocycles. The number of hydrogen-bond acceptors (Lipinski definition) is 7. The van der Waals surface area contributed by atoms with E-state index in [9.17, 15) is 20.2 Å². The molecule has 1 heterocycles. The monoisotopic (exact) mass is 265 g/mol. The van der Waals surface area contributed by atoms with Crippen LogP contribution in [0.4, 0.5) is 11.4 Å². The van der Waals surface area contributed by atoms with E-state index < -0.39 is 21.2 Å². The fourth-order valence-corrected chi connectivity index (χ4v) is 1.59. The molecule has 0 spiro atoms. The highest BCUT2D eigenvalue weighted by atomic mass is 16.6. The summed E-state index contributed by atoms with van der Waals surface area (Å²) in [6, 6.07) is 2.28. The smallest absolute Gasteiger partial charge is 0.343 e. The number of nitro benzene ring substituents is 2. The molecule has 2 rings (SSSR count). The maximum absolute atomic E-state index is 11.1. The predicted molar refractivity (Wildman–Crippen MR) is 61.2 cm³/mol. The molecule has 98 valence electrons. The van der Waals surface area contributed by atoms with Crippen LogP contribution in [0.25, 0.3) is 5.69 Å². The van der Waals surface area contributed by atoms with Gasteiger partial charge in [-0.1, -0.05) is 5.21 Å². The lowest BCUT2D eigenvalue weighted by atomic mass is 10.2. The van der Waals surface area contributed by atoms with Crippen LogP contribution in [0.15, 0.2) is 24.5 Å². The van der Waals surface area contributed by atoms with E-state index >= 15 is 0 Å². The SMILES string of the molecule is COc1ccc([N+](=O)[O-])c(-n2ccnn2)c1[N+](=O)[O-]. The van der Waals surface area contributed by atoms with E-state index in [4.69, 9.17) is 4.74 Å². The Bertz CT molecular complexity index is 639. The van der Waals surface area contributed by atoms with Crippen molar-refractivity contribution in [1.29, 1.82) is 0 Å². The van der Waals surface area contributed by atoms with Gasteiger partial charge in [-0.15, -0.1) is 5.10 Å². The second kappa shape index (κ2) is 4.68. The third-order valence-corrected chi connectivity index (χ3v) is 2.34. The van der Waals surface area contributed by atoms with Gasteiger partial charge in [0.05, 0.1) is 29.4 Å². The third kappa shape index (κ3) is 2.06. The van der Waals surface area contributed by atoms with Crippen LogP contribution in [0.1, 0.15) is 0 Å². The first-order valence-electron chi connectivity index (χ1n) is 4.92. The van der Waals surface area contributed by atoms with Gasteiger partial charge in [-0.2, -0.15) is 0 Å². The van der Waals surface area contributed by atoms with E-state index in [2.05, 4.69) is 10.3 Å². The molecule has 2 aromatic rings. The summed E-state index contributed by atoms with van der Waals surface area (Å²) in [5, 5.41) is 29.1. The number of hydrogen-bond donors (Lipinski definition) is 0. The molecule has 0 N–H and O–H groups in total. The Morgan fingerprint density at radius 3 is 2.47 bits per heavy atom. The fraction of sp³-hybridized carbons (Fsp3) is 0.111. The van der Waals surface area contributed by atoms with Crippen LogP contribution in [0, 0.1) is 20.2 Å². The summed E-state index contributed by atoms with van der Waals surface area (Å²) in [5.41, 5.74) is -1.30. The number of benzene rings is 1. The summed E-state index contributed by atoms with van der Waals surface area (Å²) in [7, 11) is 1.24. The van der Waals surface area contributed by atoms with Crippen molar-refractivity contribution >= 4 is 11.4 Å². The van der Waals surface area contributed by atoms with Gasteiger partial charge < -0.3 is 4.74 Å². The molecule has 0 amide bonds. The predicted octanol–water partition coefficient (Wildman–Crippen LogP) is 1.09. The zero-order valence-electron chi connectivity index (χ0n) is 9.59. The first-order chi connectivity index (χ1) is 9.06. The number of nitrogens with zero attached hydrogens (tertiary/aromatic N) is 5. The van der Waals surface area contributed by atoms with Crippen molar-refractivity contribution in [3.8, 4) is 11.4 Å². The molecule has 10 nitrogen and oxygen atoms in total. The van der Waals surface area contributed by atoms with Crippen molar-refractivity contribution in [3.63, 3.8) is 0 Å². The van der Waals surface area contributed by atoms with Crippen LogP contribution in [-0.4, -0.2) is 32.0 Å². The van der Waals surface area contributed by atoms with E-state index in [1.165, 1.54) is 19.5 Å². The summed E-state index contributed by atoms with van der Waals surface area (Å²) < 4.78 is 5.81. The molecule has 19 heavy (non-hydrogen) atoms. The average molecular weight is 265 g/mol. The normalized spacial score (nSPS) is 10.2. The number of aromatic nitrogens is 3. The van der Waals surface area contributed by atoms with Crippen molar-refractivity contribution in [2.24, 2.45) is 0 Å². The maximum atomic E-state index is 11.1. The first kappa shape index (κ1) is 12.4. The lowest BCUT2D eigenvalue weighted by Gasteiger charge is -2.07. The van der Waals surface area contributed by atoms with Gasteiger partial charge in [-0.3, -0.25) is 20.2 Å². The van der Waals surface area contributed by atoms with Crippen molar-refractivity contribution in [3.05, 3.63) is 44.8 Å². The molecule has 10 heteroatoms. The minimum absolute atomic E-state index is 0.0962. The Labute approximate surface area is 105 Å². The first-order valence-corrected chi connectivity index (χ1v) is 4.92. The van der Waals surface area contributed by atoms with Gasteiger partial charge in [0.25, 0.3) is 0 Å². The summed E-state index contributed by atoms with van der Waals surface area (Å²) in [4.78, 5) is 20.6. The fourth-order valence-electron chi connectivity index (χ4n) is 1.59. The summed E-state index contributed by atoms with van der Waals surface area (Å²) in [6.45, 7) is 0. The largest absolute Gasteiger partial charge is 0.490 e. The third-order valence-electron chi connectivity index (χ3n) is 2.34. The van der Waals surface area contributed by atoms with Crippen molar-refractivity contribution in [1.82, 2.24) is 15.0 Å². The Morgan fingerprint density at radius 2 is 2.00 bits per heavy atom. The molecule has 0 radical (unpaired) electrons. The van der Waals surface area contributed by atoms with Crippen molar-refractivity contribution in [2.45, 2.75) is 0 Å². The van der Waals surface area contributed by atoms with E-state index in [-0.39, 0.29) is 11.4 Å². The lowest BCUT2D eigenvalue weighted by Crippen LogP contribution is -2.07. The van der Waals surface area contributed by atoms with Gasteiger partial charge in [0.1, 0.15) is 0 Å². The molecule has 0 fully saturated rings. The van der Waals surface area contributed by atoms with Crippen LogP contribution in [-0.2, 0) is 0 Å². The molecule has 0 aliphatic rings. The molecule has 0 aliphatic carbocycles. The molecule has 0 unspecified atom stereocenters.